The van der Waals surface area contributed by atoms with Crippen LogP contribution < -0.4 is 4.90 Å². The van der Waals surface area contributed by atoms with E-state index in [-0.39, 0.29) is 21.2 Å². The number of anilines is 1. The number of aliphatic carboxylic acids is 2. The third-order valence-electron chi connectivity index (χ3n) is 4.43. The van der Waals surface area contributed by atoms with Crippen molar-refractivity contribution in [2.75, 3.05) is 23.5 Å². The number of rotatable bonds is 7. The molecule has 0 bridgehead atoms. The Morgan fingerprint density at radius 1 is 1.21 bits per heavy atom. The lowest BCUT2D eigenvalue weighted by Gasteiger charge is -2.22. The van der Waals surface area contributed by atoms with Gasteiger partial charge in [-0.25, -0.2) is 4.79 Å². The van der Waals surface area contributed by atoms with E-state index in [1.807, 2.05) is 6.26 Å². The normalized spacial score (nSPS) is 19.7. The molecule has 0 spiro atoms. The van der Waals surface area contributed by atoms with Gasteiger partial charge in [0.2, 0.25) is 0 Å². The first-order valence-electron chi connectivity index (χ1n) is 8.42. The third kappa shape index (κ3) is 3.89. The van der Waals surface area contributed by atoms with Crippen LogP contribution in [0.15, 0.2) is 29.2 Å². The molecule has 0 aliphatic carbocycles. The molecule has 2 aliphatic rings. The Labute approximate surface area is 179 Å². The van der Waals surface area contributed by atoms with Crippen molar-refractivity contribution in [1.29, 1.82) is 0 Å². The lowest BCUT2D eigenvalue weighted by Crippen LogP contribution is -2.44. The molecule has 11 heteroatoms. The largest absolute Gasteiger partial charge is 0.480 e. The fourth-order valence-electron chi connectivity index (χ4n) is 3.18. The number of hydrogen-bond acceptors (Lipinski definition) is 7. The van der Waals surface area contributed by atoms with E-state index in [1.54, 1.807) is 24.3 Å². The number of carboxylic acid groups (broad SMARTS) is 2. The first-order chi connectivity index (χ1) is 13.8. The number of carboxylic acids is 2. The van der Waals surface area contributed by atoms with E-state index in [9.17, 15) is 24.3 Å². The van der Waals surface area contributed by atoms with Crippen molar-refractivity contribution in [1.82, 2.24) is 4.90 Å². The van der Waals surface area contributed by atoms with Crippen LogP contribution in [-0.4, -0.2) is 67.8 Å². The second-order valence-electron chi connectivity index (χ2n) is 6.18. The van der Waals surface area contributed by atoms with E-state index in [0.29, 0.717) is 17.0 Å². The highest BCUT2D eigenvalue weighted by Gasteiger charge is 2.45. The first-order valence-corrected chi connectivity index (χ1v) is 11.0. The molecule has 8 nitrogen and oxygen atoms in total. The van der Waals surface area contributed by atoms with Crippen molar-refractivity contribution in [3.05, 3.63) is 34.7 Å². The number of hydrogen-bond donors (Lipinski definition) is 2. The van der Waals surface area contributed by atoms with Crippen molar-refractivity contribution >= 4 is 75.1 Å². The van der Waals surface area contributed by atoms with Gasteiger partial charge in [-0.3, -0.25) is 24.2 Å². The molecule has 0 aromatic heterocycles. The number of fused-ring (bicyclic) bond motifs is 1. The molecule has 1 aromatic rings. The highest BCUT2D eigenvalue weighted by Crippen LogP contribution is 2.45. The maximum Gasteiger partial charge on any atom is 0.326 e. The van der Waals surface area contributed by atoms with Crippen LogP contribution in [0, 0.1) is 0 Å². The molecule has 1 aromatic carbocycles. The highest BCUT2D eigenvalue weighted by molar-refractivity contribution is 8.26. The lowest BCUT2D eigenvalue weighted by atomic mass is 10.1. The van der Waals surface area contributed by atoms with E-state index in [4.69, 9.17) is 17.3 Å². The monoisotopic (exact) mass is 452 g/mol. The minimum atomic E-state index is -1.19. The standard InChI is InChI=1S/C18H16N2O6S3/c1-28-7-6-11(17(25)26)20-16(24)14(29-18(20)27)13-9-4-2-3-5-10(9)19(15(13)23)8-12(21)22/h2-5,11H,6-8H2,1H3,(H,21,22)(H,25,26)/b14-13+/t11-/m0/s1. The van der Waals surface area contributed by atoms with Gasteiger partial charge in [0, 0.05) is 5.56 Å². The Morgan fingerprint density at radius 2 is 1.90 bits per heavy atom. The molecule has 0 saturated carbocycles. The number of carbonyl (C=O) groups is 4. The fraction of sp³-hybridized carbons (Fsp3) is 0.278. The number of nitrogens with zero attached hydrogens (tertiary/aromatic N) is 2. The van der Waals surface area contributed by atoms with Gasteiger partial charge in [-0.05, 0) is 24.5 Å². The van der Waals surface area contributed by atoms with Crippen molar-refractivity contribution in [3.8, 4) is 0 Å². The highest BCUT2D eigenvalue weighted by atomic mass is 32.2. The quantitative estimate of drug-likeness (QED) is 0.473. The number of carbonyl (C=O) groups excluding carboxylic acids is 2. The number of para-hydroxylation sites is 1. The van der Waals surface area contributed by atoms with Gasteiger partial charge in [-0.1, -0.05) is 42.2 Å². The summed E-state index contributed by atoms with van der Waals surface area (Å²) in [4.78, 5) is 51.1. The molecule has 3 rings (SSSR count). The predicted molar refractivity (Wildman–Crippen MR) is 115 cm³/mol. The van der Waals surface area contributed by atoms with Gasteiger partial charge >= 0.3 is 11.9 Å². The Kier molecular flexibility index (Phi) is 6.30. The fourth-order valence-corrected chi connectivity index (χ4v) is 5.07. The van der Waals surface area contributed by atoms with Crippen molar-refractivity contribution in [2.24, 2.45) is 0 Å². The molecule has 2 aliphatic heterocycles. The van der Waals surface area contributed by atoms with Crippen molar-refractivity contribution < 1.29 is 29.4 Å². The summed E-state index contributed by atoms with van der Waals surface area (Å²) < 4.78 is 0.0629. The molecular weight excluding hydrogens is 436 g/mol. The van der Waals surface area contributed by atoms with Gasteiger partial charge in [0.1, 0.15) is 16.9 Å². The number of amides is 2. The number of thioether (sulfide) groups is 2. The zero-order valence-corrected chi connectivity index (χ0v) is 17.6. The van der Waals surface area contributed by atoms with Crippen LogP contribution in [0.25, 0.3) is 5.57 Å². The summed E-state index contributed by atoms with van der Waals surface area (Å²) in [6.45, 7) is -0.550. The summed E-state index contributed by atoms with van der Waals surface area (Å²) in [6.07, 6.45) is 2.04. The molecule has 0 radical (unpaired) electrons. The lowest BCUT2D eigenvalue weighted by molar-refractivity contribution is -0.145. The second-order valence-corrected chi connectivity index (χ2v) is 8.81. The van der Waals surface area contributed by atoms with Gasteiger partial charge < -0.3 is 10.2 Å². The van der Waals surface area contributed by atoms with Crippen LogP contribution in [0.4, 0.5) is 5.69 Å². The molecule has 2 amide bonds. The van der Waals surface area contributed by atoms with Gasteiger partial charge in [0.15, 0.2) is 0 Å². The van der Waals surface area contributed by atoms with E-state index < -0.39 is 36.3 Å². The second kappa shape index (κ2) is 8.56. The molecule has 152 valence electrons. The van der Waals surface area contributed by atoms with Gasteiger partial charge in [0.05, 0.1) is 16.2 Å². The van der Waals surface area contributed by atoms with E-state index in [0.717, 1.165) is 21.6 Å². The maximum atomic E-state index is 13.1. The number of benzene rings is 1. The Hall–Kier alpha value is -2.37. The Morgan fingerprint density at radius 3 is 2.52 bits per heavy atom. The zero-order valence-electron chi connectivity index (χ0n) is 15.2. The number of thiocarbonyl (C=S) groups is 1. The van der Waals surface area contributed by atoms with E-state index in [1.165, 1.54) is 11.8 Å². The van der Waals surface area contributed by atoms with Crippen LogP contribution in [0.3, 0.4) is 0 Å². The van der Waals surface area contributed by atoms with Gasteiger partial charge in [0.25, 0.3) is 11.8 Å². The van der Waals surface area contributed by atoms with Crippen LogP contribution in [0.5, 0.6) is 0 Å². The van der Waals surface area contributed by atoms with Gasteiger partial charge in [-0.15, -0.1) is 0 Å². The summed E-state index contributed by atoms with van der Waals surface area (Å²) in [5.74, 6) is -3.11. The predicted octanol–water partition coefficient (Wildman–Crippen LogP) is 1.90. The maximum absolute atomic E-state index is 13.1. The van der Waals surface area contributed by atoms with Crippen molar-refractivity contribution in [3.63, 3.8) is 0 Å². The zero-order chi connectivity index (χ0) is 21.3. The molecular formula is C18H16N2O6S3. The Balaban J connectivity index is 2.06. The van der Waals surface area contributed by atoms with Gasteiger partial charge in [-0.2, -0.15) is 11.8 Å². The topological polar surface area (TPSA) is 115 Å². The summed E-state index contributed by atoms with van der Waals surface area (Å²) in [5, 5.41) is 18.7. The molecule has 2 heterocycles. The SMILES string of the molecule is CSCC[C@@H](C(=O)O)N1C(=O)/C(=C2\C(=O)N(CC(=O)O)c3ccccc32)SC1=S. The van der Waals surface area contributed by atoms with Crippen LogP contribution >= 0.6 is 35.7 Å². The summed E-state index contributed by atoms with van der Waals surface area (Å²) in [5.41, 5.74) is 0.864. The molecule has 1 fully saturated rings. The van der Waals surface area contributed by atoms with Crippen LogP contribution in [0.2, 0.25) is 0 Å². The molecule has 1 atom stereocenters. The minimum absolute atomic E-state index is 0.0238. The first kappa shape index (κ1) is 21.3. The van der Waals surface area contributed by atoms with Crippen molar-refractivity contribution in [2.45, 2.75) is 12.5 Å². The third-order valence-corrected chi connectivity index (χ3v) is 6.48. The van der Waals surface area contributed by atoms with Crippen LogP contribution in [0.1, 0.15) is 12.0 Å². The smallest absolute Gasteiger partial charge is 0.326 e. The molecule has 29 heavy (non-hydrogen) atoms. The summed E-state index contributed by atoms with van der Waals surface area (Å²) in [6, 6.07) is 5.44. The van der Waals surface area contributed by atoms with E-state index in [2.05, 4.69) is 0 Å². The molecule has 0 unspecified atom stereocenters. The average Bonchev–Trinajstić information content (AvgIpc) is 3.09. The van der Waals surface area contributed by atoms with E-state index >= 15 is 0 Å². The summed E-state index contributed by atoms with van der Waals surface area (Å²) in [7, 11) is 0. The minimum Gasteiger partial charge on any atom is -0.480 e. The molecule has 2 N–H and O–H groups in total. The Bertz CT molecular complexity index is 961. The molecule has 1 saturated heterocycles. The van der Waals surface area contributed by atoms with Crippen LogP contribution in [-0.2, 0) is 19.2 Å². The average molecular weight is 453 g/mol. The summed E-state index contributed by atoms with van der Waals surface area (Å²) >= 11 is 7.58.